The molecule has 9 heteroatoms. The molecular weight excluding hydrogens is 394 g/mol. The van der Waals surface area contributed by atoms with Gasteiger partial charge in [-0.15, -0.1) is 0 Å². The van der Waals surface area contributed by atoms with Gasteiger partial charge in [0, 0.05) is 31.5 Å². The highest BCUT2D eigenvalue weighted by atomic mass is 32.2. The van der Waals surface area contributed by atoms with Crippen molar-refractivity contribution in [1.82, 2.24) is 4.31 Å². The van der Waals surface area contributed by atoms with Gasteiger partial charge >= 0.3 is 5.97 Å². The van der Waals surface area contributed by atoms with Crippen molar-refractivity contribution in [2.24, 2.45) is 0 Å². The Morgan fingerprint density at radius 1 is 1.03 bits per heavy atom. The number of ether oxygens (including phenoxy) is 1. The number of esters is 1. The second-order valence-corrected chi connectivity index (χ2v) is 7.97. The number of benzene rings is 2. The van der Waals surface area contributed by atoms with Crippen molar-refractivity contribution in [3.63, 3.8) is 0 Å². The highest BCUT2D eigenvalue weighted by Gasteiger charge is 2.22. The van der Waals surface area contributed by atoms with Gasteiger partial charge in [0.25, 0.3) is 5.91 Å². The summed E-state index contributed by atoms with van der Waals surface area (Å²) < 4.78 is 31.6. The normalized spacial score (nSPS) is 11.2. The van der Waals surface area contributed by atoms with E-state index in [1.165, 1.54) is 16.4 Å². The number of para-hydroxylation sites is 1. The molecule has 0 radical (unpaired) electrons. The molecule has 8 nitrogen and oxygen atoms in total. The maximum atomic E-state index is 12.6. The minimum Gasteiger partial charge on any atom is -0.452 e. The monoisotopic (exact) mass is 419 g/mol. The largest absolute Gasteiger partial charge is 0.452 e. The summed E-state index contributed by atoms with van der Waals surface area (Å²) in [5, 5.41) is 5.43. The fourth-order valence-corrected chi connectivity index (χ4v) is 4.24. The van der Waals surface area contributed by atoms with E-state index in [0.29, 0.717) is 30.0 Å². The van der Waals surface area contributed by atoms with Gasteiger partial charge < -0.3 is 15.4 Å². The number of rotatable bonds is 9. The van der Waals surface area contributed by atoms with E-state index in [9.17, 15) is 18.0 Å². The van der Waals surface area contributed by atoms with Crippen molar-refractivity contribution >= 4 is 33.3 Å². The molecule has 29 heavy (non-hydrogen) atoms. The number of hydrogen-bond donors (Lipinski definition) is 2. The summed E-state index contributed by atoms with van der Waals surface area (Å²) in [7, 11) is -1.96. The fourth-order valence-electron chi connectivity index (χ4n) is 2.73. The molecule has 0 aromatic heterocycles. The van der Waals surface area contributed by atoms with Gasteiger partial charge in [-0.05, 0) is 30.3 Å². The minimum absolute atomic E-state index is 0.0824. The van der Waals surface area contributed by atoms with Crippen LogP contribution in [0.1, 0.15) is 24.2 Å². The molecule has 0 saturated heterocycles. The summed E-state index contributed by atoms with van der Waals surface area (Å²) in [6, 6.07) is 12.7. The molecule has 0 aliphatic rings. The molecule has 1 amide bonds. The van der Waals surface area contributed by atoms with Gasteiger partial charge in [0.1, 0.15) is 0 Å². The van der Waals surface area contributed by atoms with Gasteiger partial charge in [0.2, 0.25) is 10.0 Å². The predicted molar refractivity (Wildman–Crippen MR) is 111 cm³/mol. The first kappa shape index (κ1) is 22.4. The van der Waals surface area contributed by atoms with E-state index in [1.54, 1.807) is 57.3 Å². The van der Waals surface area contributed by atoms with E-state index < -0.39 is 28.5 Å². The van der Waals surface area contributed by atoms with Crippen LogP contribution in [0, 0.1) is 0 Å². The van der Waals surface area contributed by atoms with Crippen molar-refractivity contribution in [2.75, 3.05) is 37.4 Å². The van der Waals surface area contributed by atoms with Crippen molar-refractivity contribution in [1.29, 1.82) is 0 Å². The Hall–Kier alpha value is -2.91. The van der Waals surface area contributed by atoms with Crippen LogP contribution in [0.15, 0.2) is 53.4 Å². The number of nitrogens with zero attached hydrogens (tertiary/aromatic N) is 1. The van der Waals surface area contributed by atoms with Crippen LogP contribution in [-0.4, -0.2) is 51.3 Å². The second-order valence-electron chi connectivity index (χ2n) is 6.04. The molecular formula is C20H25N3O5S. The maximum absolute atomic E-state index is 12.6. The van der Waals surface area contributed by atoms with Crippen molar-refractivity contribution in [3.8, 4) is 0 Å². The molecule has 0 saturated carbocycles. The van der Waals surface area contributed by atoms with Crippen molar-refractivity contribution in [2.45, 2.75) is 18.7 Å². The summed E-state index contributed by atoms with van der Waals surface area (Å²) in [6.07, 6.45) is 0. The third-order valence-corrected chi connectivity index (χ3v) is 6.26. The van der Waals surface area contributed by atoms with Gasteiger partial charge in [-0.1, -0.05) is 32.0 Å². The smallest absolute Gasteiger partial charge is 0.340 e. The van der Waals surface area contributed by atoms with Crippen LogP contribution in [-0.2, 0) is 19.6 Å². The standard InChI is InChI=1S/C20H25N3O5S/c1-4-23(5-2)29(26,27)16-10-8-9-15(13-16)22-19(24)14-28-20(25)17-11-6-7-12-18(17)21-3/h6-13,21H,4-5,14H2,1-3H3,(H,22,24). The Morgan fingerprint density at radius 2 is 1.72 bits per heavy atom. The topological polar surface area (TPSA) is 105 Å². The number of nitrogens with one attached hydrogen (secondary N) is 2. The Kier molecular flexibility index (Phi) is 7.74. The molecule has 2 aromatic carbocycles. The van der Waals surface area contributed by atoms with E-state index in [0.717, 1.165) is 0 Å². The zero-order valence-electron chi connectivity index (χ0n) is 16.6. The lowest BCUT2D eigenvalue weighted by molar-refractivity contribution is -0.119. The molecule has 0 aliphatic carbocycles. The summed E-state index contributed by atoms with van der Waals surface area (Å²) in [5.41, 5.74) is 1.21. The first-order valence-corrected chi connectivity index (χ1v) is 10.6. The van der Waals surface area contributed by atoms with Gasteiger partial charge in [0.05, 0.1) is 10.5 Å². The average molecular weight is 420 g/mol. The lowest BCUT2D eigenvalue weighted by atomic mass is 10.2. The Bertz CT molecular complexity index is 972. The molecule has 156 valence electrons. The van der Waals surface area contributed by atoms with E-state index in [4.69, 9.17) is 4.74 Å². The van der Waals surface area contributed by atoms with Crippen molar-refractivity contribution < 1.29 is 22.7 Å². The first-order chi connectivity index (χ1) is 13.8. The second kappa shape index (κ2) is 10.0. The van der Waals surface area contributed by atoms with Gasteiger partial charge in [-0.2, -0.15) is 4.31 Å². The zero-order valence-corrected chi connectivity index (χ0v) is 17.5. The fraction of sp³-hybridized carbons (Fsp3) is 0.300. The Labute approximate surface area is 170 Å². The molecule has 0 atom stereocenters. The third-order valence-electron chi connectivity index (χ3n) is 4.21. The maximum Gasteiger partial charge on any atom is 0.340 e. The molecule has 2 rings (SSSR count). The number of sulfonamides is 1. The Morgan fingerprint density at radius 3 is 2.38 bits per heavy atom. The van der Waals surface area contributed by atoms with Gasteiger partial charge in [-0.25, -0.2) is 13.2 Å². The van der Waals surface area contributed by atoms with Crippen LogP contribution in [0.25, 0.3) is 0 Å². The SMILES string of the molecule is CCN(CC)S(=O)(=O)c1cccc(NC(=O)COC(=O)c2ccccc2NC)c1. The van der Waals surface area contributed by atoms with Crippen LogP contribution < -0.4 is 10.6 Å². The van der Waals surface area contributed by atoms with Gasteiger partial charge in [0.15, 0.2) is 6.61 Å². The van der Waals surface area contributed by atoms with E-state index in [1.807, 2.05) is 0 Å². The highest BCUT2D eigenvalue weighted by Crippen LogP contribution is 2.20. The summed E-state index contributed by atoms with van der Waals surface area (Å²) in [4.78, 5) is 24.4. The van der Waals surface area contributed by atoms with Crippen LogP contribution >= 0.6 is 0 Å². The quantitative estimate of drug-likeness (QED) is 0.605. The lowest BCUT2D eigenvalue weighted by Crippen LogP contribution is -2.30. The summed E-state index contributed by atoms with van der Waals surface area (Å²) in [6.45, 7) is 3.71. The predicted octanol–water partition coefficient (Wildman–Crippen LogP) is 2.55. The number of anilines is 2. The molecule has 0 spiro atoms. The molecule has 0 bridgehead atoms. The molecule has 2 N–H and O–H groups in total. The van der Waals surface area contributed by atoms with E-state index in [-0.39, 0.29) is 4.90 Å². The first-order valence-electron chi connectivity index (χ1n) is 9.17. The summed E-state index contributed by atoms with van der Waals surface area (Å²) >= 11 is 0. The van der Waals surface area contributed by atoms with Gasteiger partial charge in [-0.3, -0.25) is 4.79 Å². The zero-order chi connectivity index (χ0) is 21.4. The van der Waals surface area contributed by atoms with Crippen LogP contribution in [0.2, 0.25) is 0 Å². The number of hydrogen-bond acceptors (Lipinski definition) is 6. The van der Waals surface area contributed by atoms with Crippen molar-refractivity contribution in [3.05, 3.63) is 54.1 Å². The molecule has 2 aromatic rings. The third kappa shape index (κ3) is 5.55. The number of amides is 1. The Balaban J connectivity index is 2.04. The van der Waals surface area contributed by atoms with Crippen LogP contribution in [0.3, 0.4) is 0 Å². The molecule has 0 unspecified atom stereocenters. The lowest BCUT2D eigenvalue weighted by Gasteiger charge is -2.18. The minimum atomic E-state index is -3.64. The van der Waals surface area contributed by atoms with Crippen LogP contribution in [0.4, 0.5) is 11.4 Å². The molecule has 0 aliphatic heterocycles. The summed E-state index contributed by atoms with van der Waals surface area (Å²) in [5.74, 6) is -1.21. The molecule has 0 heterocycles. The van der Waals surface area contributed by atoms with E-state index in [2.05, 4.69) is 10.6 Å². The van der Waals surface area contributed by atoms with Crippen LogP contribution in [0.5, 0.6) is 0 Å². The molecule has 0 fully saturated rings. The average Bonchev–Trinajstić information content (AvgIpc) is 2.72. The highest BCUT2D eigenvalue weighted by molar-refractivity contribution is 7.89. The number of carbonyl (C=O) groups excluding carboxylic acids is 2. The van der Waals surface area contributed by atoms with E-state index >= 15 is 0 Å². The number of carbonyl (C=O) groups is 2.